The van der Waals surface area contributed by atoms with Crippen molar-refractivity contribution in [3.63, 3.8) is 0 Å². The molecule has 2 heterocycles. The minimum absolute atomic E-state index is 0.00496. The van der Waals surface area contributed by atoms with E-state index in [-0.39, 0.29) is 22.5 Å². The predicted octanol–water partition coefficient (Wildman–Crippen LogP) is 21.0. The normalized spacial score (nSPS) is 20.3. The van der Waals surface area contributed by atoms with Gasteiger partial charge in [0.2, 0.25) is 0 Å². The van der Waals surface area contributed by atoms with Gasteiger partial charge in [0.1, 0.15) is 0 Å². The van der Waals surface area contributed by atoms with Crippen molar-refractivity contribution in [2.75, 3.05) is 0 Å². The smallest absolute Gasteiger partial charge is 0.226 e. The van der Waals surface area contributed by atoms with E-state index in [9.17, 15) is 10.5 Å². The van der Waals surface area contributed by atoms with Crippen LogP contribution in [0.15, 0.2) is 264 Å². The summed E-state index contributed by atoms with van der Waals surface area (Å²) in [5, 5.41) is 19.2. The van der Waals surface area contributed by atoms with Gasteiger partial charge in [-0.15, -0.1) is 23.5 Å². The topological polar surface area (TPSA) is 56.3 Å². The van der Waals surface area contributed by atoms with Gasteiger partial charge in [-0.2, -0.15) is 26.3 Å². The third-order valence-corrected chi connectivity index (χ3v) is 20.7. The summed E-state index contributed by atoms with van der Waals surface area (Å²) in [6.07, 6.45) is 2.82. The Balaban J connectivity index is 0.949. The Labute approximate surface area is 521 Å². The van der Waals surface area contributed by atoms with Gasteiger partial charge < -0.3 is 0 Å². The first-order valence-corrected chi connectivity index (χ1v) is 30.0. The van der Waals surface area contributed by atoms with Gasteiger partial charge in [0.15, 0.2) is 0 Å². The molecule has 8 aromatic rings. The molecule has 0 bridgehead atoms. The molecule has 2 aliphatic carbocycles. The number of hydrogen-bond donors (Lipinski definition) is 0. The van der Waals surface area contributed by atoms with E-state index in [0.717, 1.165) is 77.9 Å². The summed E-state index contributed by atoms with van der Waals surface area (Å²) in [5.41, 5.74) is 10.7. The molecule has 4 nitrogen and oxygen atoms in total. The Kier molecular flexibility index (Phi) is 15.2. The highest BCUT2D eigenvalue weighted by Crippen LogP contribution is 2.75. The highest BCUT2D eigenvalue weighted by molar-refractivity contribution is 8.14. The highest BCUT2D eigenvalue weighted by Gasteiger charge is 2.84. The van der Waals surface area contributed by atoms with E-state index in [1.54, 1.807) is 27.7 Å². The number of alkyl halides is 6. The molecule has 0 spiro atoms. The van der Waals surface area contributed by atoms with Gasteiger partial charge >= 0.3 is 17.8 Å². The van der Waals surface area contributed by atoms with E-state index in [1.165, 1.54) is 35.7 Å². The molecule has 0 saturated heterocycles. The molecule has 2 unspecified atom stereocenters. The Morgan fingerprint density at radius 3 is 0.854 bits per heavy atom. The molecule has 1 saturated carbocycles. The Morgan fingerprint density at radius 1 is 0.371 bits per heavy atom. The van der Waals surface area contributed by atoms with Gasteiger partial charge in [0.05, 0.1) is 34.8 Å². The SMILES string of the molecule is [C-]#[N+]/C(C#N)=C(/C)c1ccc(/C(=C(\c2ccccc2)c2ccc(C3=CC4=C5C(=C6C=C(c7ccc(/C(=C(\c8ccccc8)c8ccc(/C(C)=C(\C#N)[N+]#[C-])cc8)c8ccccc8)cc7)SC6(C)C4(C)S3)C(F)(F)C(F)(F)C5(F)F)cc2)c2ccccc2)cc1. The van der Waals surface area contributed by atoms with Crippen LogP contribution >= 0.6 is 23.5 Å². The first kappa shape index (κ1) is 59.3. The van der Waals surface area contributed by atoms with Crippen LogP contribution in [0.5, 0.6) is 0 Å². The van der Waals surface area contributed by atoms with Crippen molar-refractivity contribution in [2.24, 2.45) is 0 Å². The third kappa shape index (κ3) is 9.72. The van der Waals surface area contributed by atoms with Crippen LogP contribution in [0.3, 0.4) is 0 Å². The van der Waals surface area contributed by atoms with E-state index in [2.05, 4.69) is 9.69 Å². The van der Waals surface area contributed by atoms with E-state index in [0.29, 0.717) is 32.1 Å². The molecule has 432 valence electrons. The molecular weight excluding hydrogens is 1160 g/mol. The Bertz CT molecular complexity index is 4320. The lowest BCUT2D eigenvalue weighted by Gasteiger charge is -2.47. The fraction of sp³-hybridized carbons (Fsp3) is 0.117. The van der Waals surface area contributed by atoms with E-state index in [4.69, 9.17) is 13.1 Å². The molecule has 12 rings (SSSR count). The summed E-state index contributed by atoms with van der Waals surface area (Å²) < 4.78 is 96.1. The van der Waals surface area contributed by atoms with E-state index >= 15 is 26.3 Å². The zero-order chi connectivity index (χ0) is 62.6. The number of benzene rings is 8. The second-order valence-electron chi connectivity index (χ2n) is 22.3. The van der Waals surface area contributed by atoms with Gasteiger partial charge in [-0.05, 0) is 151 Å². The van der Waals surface area contributed by atoms with Crippen LogP contribution in [-0.2, 0) is 0 Å². The molecular formula is C77H50F6N4S2. The fourth-order valence-corrected chi connectivity index (χ4v) is 15.6. The monoisotopic (exact) mass is 1210 g/mol. The lowest BCUT2D eigenvalue weighted by atomic mass is 9.71. The van der Waals surface area contributed by atoms with Crippen molar-refractivity contribution in [1.82, 2.24) is 0 Å². The van der Waals surface area contributed by atoms with Gasteiger partial charge in [-0.25, -0.2) is 20.2 Å². The second-order valence-corrected chi connectivity index (χ2v) is 25.2. The predicted molar refractivity (Wildman–Crippen MR) is 348 cm³/mol. The summed E-state index contributed by atoms with van der Waals surface area (Å²) in [6, 6.07) is 73.5. The van der Waals surface area contributed by atoms with E-state index < -0.39 is 38.4 Å². The molecule has 2 atom stereocenters. The zero-order valence-corrected chi connectivity index (χ0v) is 49.9. The van der Waals surface area contributed by atoms with Crippen molar-refractivity contribution < 1.29 is 26.3 Å². The maximum absolute atomic E-state index is 16.7. The molecule has 12 heteroatoms. The standard InChI is InChI=1S/C77H50F6N4S2/c1-47(63(45-84)86-5)49-27-35-57(36-28-49)67(53-19-11-7-12-20-53)69(55-23-15-9-16-24-55)59-39-31-51(32-40-59)65-43-61-71-72(76(80,81)77(82,83)75(71,78)79)62-44-66(89-74(62,4)73(61,3)88-65)52-33-41-60(42-34-52)70(56-25-17-10-18-26-56)68(54-21-13-8-14-22-54)58-37-29-50(30-38-58)48(2)64(46-85)87-6/h7-44H,1-4H3/b63-47-,64-48+,69-67+,70-68+. The lowest BCUT2D eigenvalue weighted by Crippen LogP contribution is -2.48. The van der Waals surface area contributed by atoms with Crippen molar-refractivity contribution >= 4 is 66.8 Å². The van der Waals surface area contributed by atoms with Gasteiger partial charge in [0.25, 0.3) is 11.4 Å². The summed E-state index contributed by atoms with van der Waals surface area (Å²) in [4.78, 5) is 7.71. The van der Waals surface area contributed by atoms with Crippen LogP contribution in [0.4, 0.5) is 26.3 Å². The first-order chi connectivity index (χ1) is 42.8. The maximum Gasteiger partial charge on any atom is 0.380 e. The average Bonchev–Trinajstić information content (AvgIpc) is 1.49. The average molecular weight is 1210 g/mol. The minimum atomic E-state index is -5.74. The number of nitriles is 2. The van der Waals surface area contributed by atoms with Crippen molar-refractivity contribution in [3.05, 3.63) is 354 Å². The summed E-state index contributed by atoms with van der Waals surface area (Å²) in [5.74, 6) is -16.2. The van der Waals surface area contributed by atoms with E-state index in [1.807, 2.05) is 231 Å². The van der Waals surface area contributed by atoms with Gasteiger partial charge in [-0.3, -0.25) is 0 Å². The molecule has 2 aliphatic heterocycles. The first-order valence-electron chi connectivity index (χ1n) is 28.4. The number of hydrogen-bond acceptors (Lipinski definition) is 4. The summed E-state index contributed by atoms with van der Waals surface area (Å²) in [7, 11) is 0. The molecule has 0 amide bonds. The molecule has 4 aliphatic rings. The number of rotatable bonds is 12. The fourth-order valence-electron chi connectivity index (χ4n) is 12.5. The molecule has 0 radical (unpaired) electrons. The number of halogens is 6. The molecule has 89 heavy (non-hydrogen) atoms. The quantitative estimate of drug-likeness (QED) is 0.0529. The Hall–Kier alpha value is -10.1. The minimum Gasteiger partial charge on any atom is -0.226 e. The van der Waals surface area contributed by atoms with Gasteiger partial charge in [-0.1, -0.05) is 218 Å². The van der Waals surface area contributed by atoms with Crippen LogP contribution in [0.1, 0.15) is 94.5 Å². The highest BCUT2D eigenvalue weighted by atomic mass is 32.2. The zero-order valence-electron chi connectivity index (χ0n) is 48.3. The number of fused-ring (bicyclic) bond motifs is 4. The molecule has 1 fully saturated rings. The molecule has 0 aromatic heterocycles. The van der Waals surface area contributed by atoms with Crippen LogP contribution in [0.2, 0.25) is 0 Å². The lowest BCUT2D eigenvalue weighted by molar-refractivity contribution is -0.258. The second kappa shape index (κ2) is 22.9. The van der Waals surface area contributed by atoms with Crippen molar-refractivity contribution in [2.45, 2.75) is 55.0 Å². The van der Waals surface area contributed by atoms with Crippen molar-refractivity contribution in [1.29, 1.82) is 10.5 Å². The van der Waals surface area contributed by atoms with Crippen LogP contribution < -0.4 is 0 Å². The summed E-state index contributed by atoms with van der Waals surface area (Å²) in [6.45, 7) is 21.9. The van der Waals surface area contributed by atoms with Crippen LogP contribution in [0.25, 0.3) is 52.9 Å². The largest absolute Gasteiger partial charge is 0.380 e. The molecule has 8 aromatic carbocycles. The van der Waals surface area contributed by atoms with Crippen molar-refractivity contribution in [3.8, 4) is 12.1 Å². The van der Waals surface area contributed by atoms with Crippen LogP contribution in [-0.4, -0.2) is 27.3 Å². The third-order valence-electron chi connectivity index (χ3n) is 17.3. The van der Waals surface area contributed by atoms with Crippen LogP contribution in [0, 0.1) is 35.8 Å². The maximum atomic E-state index is 16.7. The molecule has 0 N–H and O–H groups in total. The number of allylic oxidation sites excluding steroid dienone is 8. The number of thioether (sulfide) groups is 2. The van der Waals surface area contributed by atoms with Gasteiger partial charge in [0, 0.05) is 21.0 Å². The Morgan fingerprint density at radius 2 is 0.607 bits per heavy atom. The number of nitrogens with zero attached hydrogens (tertiary/aromatic N) is 4. The summed E-state index contributed by atoms with van der Waals surface area (Å²) >= 11 is 2.40.